The number of hydrogen-bond acceptors (Lipinski definition) is 4. The summed E-state index contributed by atoms with van der Waals surface area (Å²) in [5.74, 6) is -1.01. The molecular weight excluding hydrogens is 421 g/mol. The Balaban J connectivity index is 2.05. The van der Waals surface area contributed by atoms with Crippen molar-refractivity contribution < 1.29 is 18.3 Å². The molecule has 3 aromatic carbocycles. The number of phenolic OH excluding ortho intramolecular Hbond substituents is 1. The van der Waals surface area contributed by atoms with Crippen LogP contribution in [-0.4, -0.2) is 19.4 Å². The number of carbonyl (C=O) groups is 1. The molecule has 0 fully saturated rings. The zero-order chi connectivity index (χ0) is 20.5. The van der Waals surface area contributed by atoms with Crippen LogP contribution in [0.5, 0.6) is 5.75 Å². The Bertz CT molecular complexity index is 1160. The van der Waals surface area contributed by atoms with E-state index in [9.17, 15) is 18.3 Å². The second-order valence-electron chi connectivity index (χ2n) is 6.07. The van der Waals surface area contributed by atoms with Gasteiger partial charge >= 0.3 is 0 Å². The number of aromatic hydroxyl groups is 1. The fourth-order valence-electron chi connectivity index (χ4n) is 2.56. The third-order valence-corrected chi connectivity index (χ3v) is 6.31. The van der Waals surface area contributed by atoms with Crippen molar-refractivity contribution in [2.24, 2.45) is 0 Å². The summed E-state index contributed by atoms with van der Waals surface area (Å²) in [6.45, 7) is 1.85. The predicted octanol–water partition coefficient (Wildman–Crippen LogP) is 5.09. The normalized spacial score (nSPS) is 11.2. The summed E-state index contributed by atoms with van der Waals surface area (Å²) in [6.07, 6.45) is 0. The number of aryl methyl sites for hydroxylation is 1. The van der Waals surface area contributed by atoms with Crippen molar-refractivity contribution in [1.29, 1.82) is 0 Å². The minimum absolute atomic E-state index is 0.00236. The van der Waals surface area contributed by atoms with Gasteiger partial charge in [-0.25, -0.2) is 8.42 Å². The minimum atomic E-state index is -3.91. The summed E-state index contributed by atoms with van der Waals surface area (Å²) in [7, 11) is -3.91. The molecule has 3 aromatic rings. The molecule has 28 heavy (non-hydrogen) atoms. The molecule has 1 amide bonds. The van der Waals surface area contributed by atoms with Gasteiger partial charge in [-0.1, -0.05) is 40.9 Å². The zero-order valence-electron chi connectivity index (χ0n) is 14.6. The first-order valence-corrected chi connectivity index (χ1v) is 10.3. The fraction of sp³-hybridized carbons (Fsp3) is 0.0500. The lowest BCUT2D eigenvalue weighted by molar-refractivity contribution is 0.102. The Morgan fingerprint density at radius 3 is 2.21 bits per heavy atom. The lowest BCUT2D eigenvalue weighted by atomic mass is 10.2. The molecule has 0 bridgehead atoms. The second kappa shape index (κ2) is 7.83. The number of hydrogen-bond donors (Lipinski definition) is 2. The van der Waals surface area contributed by atoms with E-state index in [0.717, 1.165) is 5.56 Å². The quantitative estimate of drug-likeness (QED) is 0.597. The molecule has 8 heteroatoms. The van der Waals surface area contributed by atoms with Gasteiger partial charge < -0.3 is 10.4 Å². The van der Waals surface area contributed by atoms with Crippen LogP contribution in [0.1, 0.15) is 15.9 Å². The molecule has 0 unspecified atom stereocenters. The number of phenols is 1. The molecule has 0 aliphatic rings. The molecule has 0 aromatic heterocycles. The zero-order valence-corrected chi connectivity index (χ0v) is 16.9. The largest absolute Gasteiger partial charge is 0.507 e. The SMILES string of the molecule is Cc1ccc(S(=O)(=O)c2ccc(Cl)cc2NC(=O)c2cc(Cl)ccc2O)cc1. The molecule has 3 rings (SSSR count). The van der Waals surface area contributed by atoms with Crippen molar-refractivity contribution in [2.75, 3.05) is 5.32 Å². The van der Waals surface area contributed by atoms with Crippen molar-refractivity contribution in [2.45, 2.75) is 16.7 Å². The van der Waals surface area contributed by atoms with Gasteiger partial charge in [-0.2, -0.15) is 0 Å². The molecule has 0 atom stereocenters. The highest BCUT2D eigenvalue weighted by Crippen LogP contribution is 2.31. The van der Waals surface area contributed by atoms with Crippen LogP contribution in [0, 0.1) is 6.92 Å². The lowest BCUT2D eigenvalue weighted by Crippen LogP contribution is -2.15. The van der Waals surface area contributed by atoms with Gasteiger partial charge in [-0.3, -0.25) is 4.79 Å². The Morgan fingerprint density at radius 1 is 0.929 bits per heavy atom. The van der Waals surface area contributed by atoms with Crippen LogP contribution in [0.25, 0.3) is 0 Å². The Morgan fingerprint density at radius 2 is 1.54 bits per heavy atom. The highest BCUT2D eigenvalue weighted by atomic mass is 35.5. The van der Waals surface area contributed by atoms with E-state index in [-0.39, 0.29) is 36.8 Å². The first-order chi connectivity index (χ1) is 13.2. The molecule has 0 aliphatic carbocycles. The first kappa shape index (κ1) is 20.2. The summed E-state index contributed by atoms with van der Waals surface area (Å²) >= 11 is 11.9. The maximum Gasteiger partial charge on any atom is 0.259 e. The van der Waals surface area contributed by atoms with Gasteiger partial charge in [0.15, 0.2) is 0 Å². The molecule has 0 spiro atoms. The first-order valence-electron chi connectivity index (χ1n) is 8.09. The molecule has 0 heterocycles. The van der Waals surface area contributed by atoms with E-state index in [2.05, 4.69) is 5.32 Å². The molecule has 2 N–H and O–H groups in total. The number of rotatable bonds is 4. The second-order valence-corrected chi connectivity index (χ2v) is 8.86. The lowest BCUT2D eigenvalue weighted by Gasteiger charge is -2.13. The van der Waals surface area contributed by atoms with E-state index in [1.54, 1.807) is 12.1 Å². The molecule has 0 saturated heterocycles. The van der Waals surface area contributed by atoms with Gasteiger partial charge in [0.2, 0.25) is 9.84 Å². The number of nitrogens with one attached hydrogen (secondary N) is 1. The van der Waals surface area contributed by atoms with E-state index in [4.69, 9.17) is 23.2 Å². The average molecular weight is 436 g/mol. The minimum Gasteiger partial charge on any atom is -0.507 e. The predicted molar refractivity (Wildman–Crippen MR) is 109 cm³/mol. The monoisotopic (exact) mass is 435 g/mol. The van der Waals surface area contributed by atoms with Crippen LogP contribution in [0.15, 0.2) is 70.5 Å². The Kier molecular flexibility index (Phi) is 5.65. The van der Waals surface area contributed by atoms with Gasteiger partial charge in [-0.15, -0.1) is 0 Å². The Hall–Kier alpha value is -2.54. The van der Waals surface area contributed by atoms with Crippen LogP contribution in [0.3, 0.4) is 0 Å². The highest BCUT2D eigenvalue weighted by molar-refractivity contribution is 7.91. The number of sulfone groups is 1. The summed E-state index contributed by atoms with van der Waals surface area (Å²) in [5.41, 5.74) is 0.823. The van der Waals surface area contributed by atoms with Crippen LogP contribution in [0.2, 0.25) is 10.0 Å². The van der Waals surface area contributed by atoms with E-state index in [1.165, 1.54) is 48.5 Å². The van der Waals surface area contributed by atoms with Crippen molar-refractivity contribution in [3.8, 4) is 5.75 Å². The van der Waals surface area contributed by atoms with Gasteiger partial charge in [0.05, 0.1) is 21.0 Å². The summed E-state index contributed by atoms with van der Waals surface area (Å²) < 4.78 is 26.1. The van der Waals surface area contributed by atoms with Crippen LogP contribution < -0.4 is 5.32 Å². The van der Waals surface area contributed by atoms with E-state index < -0.39 is 15.7 Å². The molecule has 0 radical (unpaired) electrons. The Labute approximate surface area is 172 Å². The smallest absolute Gasteiger partial charge is 0.259 e. The van der Waals surface area contributed by atoms with Crippen molar-refractivity contribution in [1.82, 2.24) is 0 Å². The van der Waals surface area contributed by atoms with E-state index in [0.29, 0.717) is 0 Å². The van der Waals surface area contributed by atoms with Crippen molar-refractivity contribution >= 4 is 44.6 Å². The maximum atomic E-state index is 13.1. The number of halogens is 2. The highest BCUT2D eigenvalue weighted by Gasteiger charge is 2.23. The summed E-state index contributed by atoms with van der Waals surface area (Å²) in [6, 6.07) is 14.4. The van der Waals surface area contributed by atoms with E-state index in [1.807, 2.05) is 6.92 Å². The number of carbonyl (C=O) groups excluding carboxylic acids is 1. The molecule has 5 nitrogen and oxygen atoms in total. The van der Waals surface area contributed by atoms with Gasteiger partial charge in [0, 0.05) is 10.0 Å². The van der Waals surface area contributed by atoms with Crippen molar-refractivity contribution in [3.05, 3.63) is 81.8 Å². The van der Waals surface area contributed by atoms with Crippen LogP contribution >= 0.6 is 23.2 Å². The number of amides is 1. The standard InChI is InChI=1S/C20H15Cl2NO4S/c1-12-2-6-15(7-3-12)28(26,27)19-9-5-14(22)11-17(19)23-20(25)16-10-13(21)4-8-18(16)24/h2-11,24H,1H3,(H,23,25). The topological polar surface area (TPSA) is 83.5 Å². The van der Waals surface area contributed by atoms with E-state index >= 15 is 0 Å². The fourth-order valence-corrected chi connectivity index (χ4v) is 4.30. The summed E-state index contributed by atoms with van der Waals surface area (Å²) in [4.78, 5) is 12.6. The van der Waals surface area contributed by atoms with Gasteiger partial charge in [-0.05, 0) is 55.5 Å². The third kappa shape index (κ3) is 4.14. The molecule has 144 valence electrons. The molecular formula is C20H15Cl2NO4S. The van der Waals surface area contributed by atoms with Crippen molar-refractivity contribution in [3.63, 3.8) is 0 Å². The summed E-state index contributed by atoms with van der Waals surface area (Å²) in [5, 5.41) is 12.9. The van der Waals surface area contributed by atoms with Gasteiger partial charge in [0.1, 0.15) is 5.75 Å². The molecule has 0 saturated carbocycles. The van der Waals surface area contributed by atoms with Crippen LogP contribution in [-0.2, 0) is 9.84 Å². The number of benzene rings is 3. The number of anilines is 1. The van der Waals surface area contributed by atoms with Gasteiger partial charge in [0.25, 0.3) is 5.91 Å². The molecule has 0 aliphatic heterocycles. The maximum absolute atomic E-state index is 13.1. The van der Waals surface area contributed by atoms with Crippen LogP contribution in [0.4, 0.5) is 5.69 Å². The average Bonchev–Trinajstić information content (AvgIpc) is 2.64. The third-order valence-electron chi connectivity index (χ3n) is 4.01.